The number of nitrogens with one attached hydrogen (secondary N) is 1. The van der Waals surface area contributed by atoms with Crippen molar-refractivity contribution in [3.8, 4) is 5.88 Å². The van der Waals surface area contributed by atoms with Gasteiger partial charge in [-0.2, -0.15) is 4.98 Å². The van der Waals surface area contributed by atoms with Crippen LogP contribution >= 0.6 is 11.6 Å². The number of carbonyl (C=O) groups is 1. The van der Waals surface area contributed by atoms with Gasteiger partial charge in [0.05, 0.1) is 35.8 Å². The molecule has 0 saturated heterocycles. The lowest BCUT2D eigenvalue weighted by Crippen LogP contribution is -2.00. The van der Waals surface area contributed by atoms with Crippen molar-refractivity contribution in [1.82, 2.24) is 9.97 Å². The summed E-state index contributed by atoms with van der Waals surface area (Å²) in [5.74, 6) is -0.220. The van der Waals surface area contributed by atoms with Crippen molar-refractivity contribution in [2.24, 2.45) is 0 Å². The number of benzene rings is 1. The normalized spacial score (nSPS) is 10.0. The molecule has 0 aliphatic heterocycles. The van der Waals surface area contributed by atoms with Crippen LogP contribution in [-0.4, -0.2) is 28.2 Å². The molecule has 2 rings (SSSR count). The number of rotatable bonds is 4. The third kappa shape index (κ3) is 3.11. The molecule has 7 heteroatoms. The Bertz CT molecular complexity index is 619. The summed E-state index contributed by atoms with van der Waals surface area (Å²) < 4.78 is 4.95. The van der Waals surface area contributed by atoms with Crippen LogP contribution in [0.4, 0.5) is 11.5 Å². The molecule has 0 bridgehead atoms. The van der Waals surface area contributed by atoms with Gasteiger partial charge >= 0.3 is 5.97 Å². The minimum atomic E-state index is -1.03. The van der Waals surface area contributed by atoms with Gasteiger partial charge in [-0.25, -0.2) is 4.79 Å². The summed E-state index contributed by atoms with van der Waals surface area (Å²) in [5.41, 5.74) is 0.654. The van der Waals surface area contributed by atoms with Crippen molar-refractivity contribution < 1.29 is 14.6 Å². The highest BCUT2D eigenvalue weighted by Crippen LogP contribution is 2.26. The van der Waals surface area contributed by atoms with Crippen molar-refractivity contribution in [1.29, 1.82) is 0 Å². The van der Waals surface area contributed by atoms with Crippen LogP contribution in [0.5, 0.6) is 5.88 Å². The third-order valence-electron chi connectivity index (χ3n) is 2.30. The topological polar surface area (TPSA) is 84.3 Å². The molecule has 0 fully saturated rings. The van der Waals surface area contributed by atoms with E-state index in [4.69, 9.17) is 21.4 Å². The minimum absolute atomic E-state index is 0.118. The van der Waals surface area contributed by atoms with Crippen LogP contribution in [0.1, 0.15) is 10.4 Å². The van der Waals surface area contributed by atoms with E-state index in [1.165, 1.54) is 31.6 Å². The van der Waals surface area contributed by atoms with Gasteiger partial charge in [0.25, 0.3) is 0 Å². The second-order valence-corrected chi connectivity index (χ2v) is 3.98. The van der Waals surface area contributed by atoms with E-state index in [1.54, 1.807) is 6.07 Å². The number of aromatic carboxylic acids is 1. The van der Waals surface area contributed by atoms with Crippen molar-refractivity contribution in [2.45, 2.75) is 0 Å². The third-order valence-corrected chi connectivity index (χ3v) is 2.61. The van der Waals surface area contributed by atoms with Crippen LogP contribution in [0.2, 0.25) is 5.02 Å². The van der Waals surface area contributed by atoms with Gasteiger partial charge < -0.3 is 15.2 Å². The average Bonchev–Trinajstić information content (AvgIpc) is 2.41. The molecule has 0 atom stereocenters. The second kappa shape index (κ2) is 5.53. The first kappa shape index (κ1) is 13.1. The lowest BCUT2D eigenvalue weighted by molar-refractivity contribution is 0.0697. The summed E-state index contributed by atoms with van der Waals surface area (Å²) in [6.07, 6.45) is 2.98. The summed E-state index contributed by atoms with van der Waals surface area (Å²) in [7, 11) is 1.49. The molecule has 0 spiro atoms. The quantitative estimate of drug-likeness (QED) is 0.895. The Hall–Kier alpha value is -2.34. The summed E-state index contributed by atoms with van der Waals surface area (Å²) >= 11 is 5.99. The van der Waals surface area contributed by atoms with Crippen molar-refractivity contribution in [3.63, 3.8) is 0 Å². The molecular formula is C12H10ClN3O3. The molecular weight excluding hydrogens is 270 g/mol. The second-order valence-electron chi connectivity index (χ2n) is 3.57. The summed E-state index contributed by atoms with van der Waals surface area (Å²) in [6.45, 7) is 0. The molecule has 2 aromatic rings. The number of methoxy groups -OCH3 is 1. The van der Waals surface area contributed by atoms with Gasteiger partial charge in [0.15, 0.2) is 5.82 Å². The average molecular weight is 280 g/mol. The number of ether oxygens (including phenoxy) is 1. The van der Waals surface area contributed by atoms with Gasteiger partial charge in [-0.05, 0) is 18.2 Å². The lowest BCUT2D eigenvalue weighted by Gasteiger charge is -2.08. The van der Waals surface area contributed by atoms with Gasteiger partial charge in [-0.3, -0.25) is 4.98 Å². The lowest BCUT2D eigenvalue weighted by atomic mass is 10.2. The molecule has 1 heterocycles. The Morgan fingerprint density at radius 2 is 2.21 bits per heavy atom. The molecule has 6 nitrogen and oxygen atoms in total. The number of hydrogen-bond acceptors (Lipinski definition) is 5. The van der Waals surface area contributed by atoms with Crippen LogP contribution in [0, 0.1) is 0 Å². The molecule has 0 amide bonds. The Labute approximate surface area is 114 Å². The Kier molecular flexibility index (Phi) is 3.82. The van der Waals surface area contributed by atoms with Crippen molar-refractivity contribution in [2.75, 3.05) is 12.4 Å². The number of anilines is 2. The number of hydrogen-bond donors (Lipinski definition) is 2. The maximum atomic E-state index is 10.8. The van der Waals surface area contributed by atoms with Gasteiger partial charge in [0.1, 0.15) is 0 Å². The van der Waals surface area contributed by atoms with Gasteiger partial charge in [-0.1, -0.05) is 11.6 Å². The van der Waals surface area contributed by atoms with Crippen LogP contribution < -0.4 is 10.1 Å². The van der Waals surface area contributed by atoms with E-state index in [0.717, 1.165) is 0 Å². The largest absolute Gasteiger partial charge is 0.480 e. The Balaban J connectivity index is 2.25. The Morgan fingerprint density at radius 3 is 2.84 bits per heavy atom. The van der Waals surface area contributed by atoms with Crippen LogP contribution in [0.3, 0.4) is 0 Å². The molecule has 2 N–H and O–H groups in total. The molecule has 1 aromatic carbocycles. The fraction of sp³-hybridized carbons (Fsp3) is 0.0833. The SMILES string of the molecule is COc1cncc(Nc2ccc(C(=O)O)cc2Cl)n1. The Morgan fingerprint density at radius 1 is 1.42 bits per heavy atom. The number of nitrogens with zero attached hydrogens (tertiary/aromatic N) is 2. The summed E-state index contributed by atoms with van der Waals surface area (Å²) in [4.78, 5) is 18.8. The first-order valence-electron chi connectivity index (χ1n) is 5.26. The molecule has 0 aliphatic carbocycles. The van der Waals surface area contributed by atoms with E-state index in [0.29, 0.717) is 17.4 Å². The predicted octanol–water partition coefficient (Wildman–Crippen LogP) is 2.58. The van der Waals surface area contributed by atoms with Crippen LogP contribution in [0.25, 0.3) is 0 Å². The first-order valence-corrected chi connectivity index (χ1v) is 5.64. The molecule has 1 aromatic heterocycles. The van der Waals surface area contributed by atoms with E-state index in [2.05, 4.69) is 15.3 Å². The maximum absolute atomic E-state index is 10.8. The maximum Gasteiger partial charge on any atom is 0.335 e. The highest BCUT2D eigenvalue weighted by atomic mass is 35.5. The van der Waals surface area contributed by atoms with E-state index in [1.807, 2.05) is 0 Å². The zero-order chi connectivity index (χ0) is 13.8. The fourth-order valence-electron chi connectivity index (χ4n) is 1.39. The van der Waals surface area contributed by atoms with Gasteiger partial charge in [0.2, 0.25) is 5.88 Å². The van der Waals surface area contributed by atoms with Crippen molar-refractivity contribution >= 4 is 29.1 Å². The highest BCUT2D eigenvalue weighted by Gasteiger charge is 2.08. The minimum Gasteiger partial charge on any atom is -0.480 e. The van der Waals surface area contributed by atoms with E-state index in [9.17, 15) is 4.79 Å². The fourth-order valence-corrected chi connectivity index (χ4v) is 1.62. The van der Waals surface area contributed by atoms with E-state index < -0.39 is 5.97 Å². The van der Waals surface area contributed by atoms with Crippen LogP contribution in [0.15, 0.2) is 30.6 Å². The number of carboxylic acid groups (broad SMARTS) is 1. The molecule has 98 valence electrons. The van der Waals surface area contributed by atoms with E-state index >= 15 is 0 Å². The van der Waals surface area contributed by atoms with Crippen LogP contribution in [-0.2, 0) is 0 Å². The molecule has 0 unspecified atom stereocenters. The zero-order valence-electron chi connectivity index (χ0n) is 9.92. The summed E-state index contributed by atoms with van der Waals surface area (Å²) in [5, 5.41) is 12.1. The summed E-state index contributed by atoms with van der Waals surface area (Å²) in [6, 6.07) is 4.37. The molecule has 0 saturated carbocycles. The standard InChI is InChI=1S/C12H10ClN3O3/c1-19-11-6-14-5-10(16-11)15-9-3-2-7(12(17)18)4-8(9)13/h2-6H,1H3,(H,15,16)(H,17,18). The van der Waals surface area contributed by atoms with Gasteiger partial charge in [-0.15, -0.1) is 0 Å². The highest BCUT2D eigenvalue weighted by molar-refractivity contribution is 6.33. The van der Waals surface area contributed by atoms with E-state index in [-0.39, 0.29) is 10.6 Å². The predicted molar refractivity (Wildman–Crippen MR) is 70.3 cm³/mol. The number of carboxylic acids is 1. The molecule has 0 radical (unpaired) electrons. The van der Waals surface area contributed by atoms with Gasteiger partial charge in [0, 0.05) is 0 Å². The first-order chi connectivity index (χ1) is 9.10. The molecule has 19 heavy (non-hydrogen) atoms. The van der Waals surface area contributed by atoms with Crippen molar-refractivity contribution in [3.05, 3.63) is 41.2 Å². The number of halogens is 1. The monoisotopic (exact) mass is 279 g/mol. The smallest absolute Gasteiger partial charge is 0.335 e. The zero-order valence-corrected chi connectivity index (χ0v) is 10.7. The molecule has 0 aliphatic rings. The number of aromatic nitrogens is 2.